The zero-order valence-electron chi connectivity index (χ0n) is 14.9. The van der Waals surface area contributed by atoms with Gasteiger partial charge in [0.25, 0.3) is 0 Å². The number of thioether (sulfide) groups is 1. The lowest BCUT2D eigenvalue weighted by atomic mass is 9.99. The summed E-state index contributed by atoms with van der Waals surface area (Å²) in [6.45, 7) is 4.94. The largest absolute Gasteiger partial charge is 0.386 e. The van der Waals surface area contributed by atoms with Crippen LogP contribution >= 0.6 is 11.8 Å². The minimum absolute atomic E-state index is 0.109. The number of anilines is 1. The van der Waals surface area contributed by atoms with E-state index >= 15 is 0 Å². The Hall–Kier alpha value is -1.67. The van der Waals surface area contributed by atoms with Crippen molar-refractivity contribution in [1.29, 1.82) is 0 Å². The average molecular weight is 383 g/mol. The molecule has 1 amide bonds. The first kappa shape index (κ1) is 19.1. The second kappa shape index (κ2) is 7.52. The number of carbonyl (C=O) groups is 1. The summed E-state index contributed by atoms with van der Waals surface area (Å²) < 4.78 is 33.4. The fourth-order valence-corrected chi connectivity index (χ4v) is 4.04. The number of amidine groups is 1. The first-order chi connectivity index (χ1) is 12.3. The molecule has 1 fully saturated rings. The molecule has 0 bridgehead atoms. The molecule has 1 unspecified atom stereocenters. The van der Waals surface area contributed by atoms with Crippen molar-refractivity contribution in [3.8, 4) is 0 Å². The third-order valence-corrected chi connectivity index (χ3v) is 6.20. The molecule has 2 aliphatic heterocycles. The topological polar surface area (TPSA) is 76.7 Å². The fourth-order valence-electron chi connectivity index (χ4n) is 3.01. The minimum atomic E-state index is -1.01. The van der Waals surface area contributed by atoms with Gasteiger partial charge in [0.1, 0.15) is 5.84 Å². The van der Waals surface area contributed by atoms with Gasteiger partial charge in [-0.05, 0) is 32.8 Å². The average Bonchev–Trinajstić information content (AvgIpc) is 2.61. The number of nitrogens with one attached hydrogen (secondary N) is 1. The van der Waals surface area contributed by atoms with Crippen LogP contribution in [-0.2, 0) is 9.53 Å². The van der Waals surface area contributed by atoms with E-state index in [0.717, 1.165) is 6.07 Å². The number of carbonyl (C=O) groups excluding carboxylic acids is 1. The lowest BCUT2D eigenvalue weighted by Crippen LogP contribution is -2.39. The van der Waals surface area contributed by atoms with Crippen molar-refractivity contribution in [3.63, 3.8) is 0 Å². The van der Waals surface area contributed by atoms with Crippen LogP contribution in [0.2, 0.25) is 0 Å². The van der Waals surface area contributed by atoms with Gasteiger partial charge in [-0.2, -0.15) is 0 Å². The molecule has 142 valence electrons. The van der Waals surface area contributed by atoms with Crippen LogP contribution in [0, 0.1) is 17.6 Å². The number of ether oxygens (including phenoxy) is 1. The molecule has 5 nitrogen and oxygen atoms in total. The number of nitrogens with zero attached hydrogens (tertiary/aromatic N) is 1. The SMILES string of the molecule is CC1(C)SCC(c2cc(NC(=O)C3CCOCC3)cc(F)c2F)N=C1N. The maximum absolute atomic E-state index is 14.4. The number of hydrogen-bond acceptors (Lipinski definition) is 5. The maximum atomic E-state index is 14.4. The Balaban J connectivity index is 1.83. The number of halogens is 2. The molecule has 1 atom stereocenters. The maximum Gasteiger partial charge on any atom is 0.227 e. The Kier molecular flexibility index (Phi) is 5.53. The molecule has 1 aromatic carbocycles. The fraction of sp³-hybridized carbons (Fsp3) is 0.556. The zero-order chi connectivity index (χ0) is 18.9. The quantitative estimate of drug-likeness (QED) is 0.840. The molecule has 3 N–H and O–H groups in total. The summed E-state index contributed by atoms with van der Waals surface area (Å²) in [5.41, 5.74) is 6.32. The Morgan fingerprint density at radius 3 is 2.69 bits per heavy atom. The highest BCUT2D eigenvalue weighted by Crippen LogP contribution is 2.38. The van der Waals surface area contributed by atoms with E-state index in [0.29, 0.717) is 37.6 Å². The summed E-state index contributed by atoms with van der Waals surface area (Å²) >= 11 is 1.54. The monoisotopic (exact) mass is 383 g/mol. The van der Waals surface area contributed by atoms with Crippen molar-refractivity contribution < 1.29 is 18.3 Å². The van der Waals surface area contributed by atoms with Crippen molar-refractivity contribution in [1.82, 2.24) is 0 Å². The van der Waals surface area contributed by atoms with Gasteiger partial charge in [-0.1, -0.05) is 0 Å². The van der Waals surface area contributed by atoms with Gasteiger partial charge in [-0.15, -0.1) is 11.8 Å². The minimum Gasteiger partial charge on any atom is -0.386 e. The van der Waals surface area contributed by atoms with E-state index in [-0.39, 0.29) is 27.8 Å². The van der Waals surface area contributed by atoms with Gasteiger partial charge in [0, 0.05) is 42.2 Å². The third kappa shape index (κ3) is 4.01. The summed E-state index contributed by atoms with van der Waals surface area (Å²) in [4.78, 5) is 16.7. The standard InChI is InChI=1S/C18H23F2N3O2S/c1-18(2)17(21)23-14(9-26-18)12-7-11(8-13(19)15(12)20)22-16(24)10-3-5-25-6-4-10/h7-8,10,14H,3-6,9H2,1-2H3,(H2,21,23)(H,22,24). The number of aliphatic imine (C=N–C) groups is 1. The number of rotatable bonds is 3. The van der Waals surface area contributed by atoms with Gasteiger partial charge in [0.15, 0.2) is 11.6 Å². The van der Waals surface area contributed by atoms with Crippen molar-refractivity contribution in [2.75, 3.05) is 24.3 Å². The van der Waals surface area contributed by atoms with Crippen molar-refractivity contribution >= 4 is 29.2 Å². The molecule has 1 aromatic rings. The van der Waals surface area contributed by atoms with Crippen LogP contribution in [0.15, 0.2) is 17.1 Å². The molecule has 1 saturated heterocycles. The Morgan fingerprint density at radius 1 is 1.35 bits per heavy atom. The molecule has 2 heterocycles. The zero-order valence-corrected chi connectivity index (χ0v) is 15.7. The summed E-state index contributed by atoms with van der Waals surface area (Å²) in [5, 5.41) is 2.70. The van der Waals surface area contributed by atoms with Crippen molar-refractivity contribution in [2.45, 2.75) is 37.5 Å². The molecule has 0 radical (unpaired) electrons. The van der Waals surface area contributed by atoms with Crippen LogP contribution in [0.5, 0.6) is 0 Å². The van der Waals surface area contributed by atoms with Crippen molar-refractivity contribution in [2.24, 2.45) is 16.6 Å². The first-order valence-corrected chi connectivity index (χ1v) is 9.62. The predicted octanol–water partition coefficient (Wildman–Crippen LogP) is 3.25. The van der Waals surface area contributed by atoms with E-state index in [2.05, 4.69) is 10.3 Å². The van der Waals surface area contributed by atoms with Gasteiger partial charge in [-0.25, -0.2) is 8.78 Å². The summed E-state index contributed by atoms with van der Waals surface area (Å²) in [7, 11) is 0. The Morgan fingerprint density at radius 2 is 2.04 bits per heavy atom. The van der Waals surface area contributed by atoms with E-state index in [9.17, 15) is 13.6 Å². The van der Waals surface area contributed by atoms with Crippen LogP contribution in [0.25, 0.3) is 0 Å². The number of benzene rings is 1. The summed E-state index contributed by atoms with van der Waals surface area (Å²) in [6, 6.07) is 1.88. The molecule has 2 aliphatic rings. The van der Waals surface area contributed by atoms with Gasteiger partial charge < -0.3 is 15.8 Å². The predicted molar refractivity (Wildman–Crippen MR) is 99.4 cm³/mol. The third-order valence-electron chi connectivity index (χ3n) is 4.79. The van der Waals surface area contributed by atoms with Crippen LogP contribution in [0.4, 0.5) is 14.5 Å². The molecule has 8 heteroatoms. The highest BCUT2D eigenvalue weighted by Gasteiger charge is 2.32. The highest BCUT2D eigenvalue weighted by molar-refractivity contribution is 8.01. The highest BCUT2D eigenvalue weighted by atomic mass is 32.2. The second-order valence-corrected chi connectivity index (χ2v) is 8.73. The molecule has 26 heavy (non-hydrogen) atoms. The molecule has 0 aliphatic carbocycles. The summed E-state index contributed by atoms with van der Waals surface area (Å²) in [5.74, 6) is -1.45. The smallest absolute Gasteiger partial charge is 0.227 e. The van der Waals surface area contributed by atoms with E-state index in [4.69, 9.17) is 10.5 Å². The first-order valence-electron chi connectivity index (χ1n) is 8.63. The lowest BCUT2D eigenvalue weighted by molar-refractivity contribution is -0.122. The molecule has 3 rings (SSSR count). The molecular weight excluding hydrogens is 360 g/mol. The van der Waals surface area contributed by atoms with E-state index in [1.807, 2.05) is 13.8 Å². The summed E-state index contributed by atoms with van der Waals surface area (Å²) in [6.07, 6.45) is 1.25. The van der Waals surface area contributed by atoms with Crippen LogP contribution in [0.3, 0.4) is 0 Å². The number of hydrogen-bond donors (Lipinski definition) is 2. The Labute approximate surface area is 155 Å². The number of amides is 1. The van der Waals surface area contributed by atoms with E-state index in [1.54, 1.807) is 11.8 Å². The van der Waals surface area contributed by atoms with Crippen molar-refractivity contribution in [3.05, 3.63) is 29.3 Å². The molecular formula is C18H23F2N3O2S. The van der Waals surface area contributed by atoms with Crippen LogP contribution in [-0.4, -0.2) is 35.5 Å². The molecule has 0 spiro atoms. The van der Waals surface area contributed by atoms with Crippen LogP contribution < -0.4 is 11.1 Å². The molecule has 0 saturated carbocycles. The number of nitrogens with two attached hydrogens (primary N) is 1. The Bertz CT molecular complexity index is 733. The lowest BCUT2D eigenvalue weighted by Gasteiger charge is -2.31. The van der Waals surface area contributed by atoms with Gasteiger partial charge in [-0.3, -0.25) is 9.79 Å². The normalized spacial score (nSPS) is 23.4. The van der Waals surface area contributed by atoms with Gasteiger partial charge >= 0.3 is 0 Å². The van der Waals surface area contributed by atoms with Gasteiger partial charge in [0.2, 0.25) is 5.91 Å². The van der Waals surface area contributed by atoms with E-state index < -0.39 is 17.7 Å². The van der Waals surface area contributed by atoms with Gasteiger partial charge in [0.05, 0.1) is 10.8 Å². The van der Waals surface area contributed by atoms with Crippen LogP contribution in [0.1, 0.15) is 38.3 Å². The molecule has 0 aromatic heterocycles. The second-order valence-electron chi connectivity index (χ2n) is 7.09. The van der Waals surface area contributed by atoms with E-state index in [1.165, 1.54) is 6.07 Å².